The minimum Gasteiger partial charge on any atom is -0.356 e. The standard InChI is InChI=1S/C13H25N5S.HI/c1-10-12(11(2)18(4)17-10)6-7-15-13(14-3)16-8-9-19-5;/h6-9H2,1-5H3,(H2,14,15,16);1H. The molecule has 7 heteroatoms. The third-order valence-corrected chi connectivity index (χ3v) is 3.76. The third kappa shape index (κ3) is 5.90. The molecule has 1 aromatic rings. The molecule has 0 saturated carbocycles. The predicted octanol–water partition coefficient (Wildman–Crippen LogP) is 1.73. The van der Waals surface area contributed by atoms with E-state index in [-0.39, 0.29) is 24.0 Å². The van der Waals surface area contributed by atoms with Crippen LogP contribution in [-0.4, -0.2) is 47.9 Å². The van der Waals surface area contributed by atoms with Crippen LogP contribution in [0.2, 0.25) is 0 Å². The van der Waals surface area contributed by atoms with Gasteiger partial charge in [0, 0.05) is 38.6 Å². The SMILES string of the molecule is CN=C(NCCSC)NCCc1c(C)nn(C)c1C.I. The van der Waals surface area contributed by atoms with Crippen LogP contribution >= 0.6 is 35.7 Å². The van der Waals surface area contributed by atoms with Gasteiger partial charge in [0.15, 0.2) is 5.96 Å². The molecule has 0 aromatic carbocycles. The zero-order chi connectivity index (χ0) is 14.3. The van der Waals surface area contributed by atoms with Gasteiger partial charge in [-0.1, -0.05) is 0 Å². The van der Waals surface area contributed by atoms with Crippen LogP contribution in [0, 0.1) is 13.8 Å². The van der Waals surface area contributed by atoms with Gasteiger partial charge in [0.05, 0.1) is 5.69 Å². The van der Waals surface area contributed by atoms with E-state index in [1.165, 1.54) is 11.3 Å². The van der Waals surface area contributed by atoms with Crippen LogP contribution in [0.3, 0.4) is 0 Å². The summed E-state index contributed by atoms with van der Waals surface area (Å²) in [5, 5.41) is 11.1. The summed E-state index contributed by atoms with van der Waals surface area (Å²) in [5.41, 5.74) is 3.69. The minimum atomic E-state index is 0. The van der Waals surface area contributed by atoms with E-state index in [4.69, 9.17) is 0 Å². The van der Waals surface area contributed by atoms with Gasteiger partial charge in [-0.3, -0.25) is 9.67 Å². The number of halogens is 1. The zero-order valence-corrected chi connectivity index (χ0v) is 16.1. The number of guanidine groups is 1. The molecule has 0 saturated heterocycles. The molecule has 0 atom stereocenters. The number of nitrogens with zero attached hydrogens (tertiary/aromatic N) is 3. The first-order chi connectivity index (χ1) is 9.10. The van der Waals surface area contributed by atoms with Crippen molar-refractivity contribution in [2.75, 3.05) is 32.1 Å². The highest BCUT2D eigenvalue weighted by molar-refractivity contribution is 14.0. The Kier molecular flexibility index (Phi) is 10.1. The maximum absolute atomic E-state index is 4.43. The number of hydrogen-bond acceptors (Lipinski definition) is 3. The van der Waals surface area contributed by atoms with Crippen molar-refractivity contribution < 1.29 is 0 Å². The first kappa shape index (κ1) is 19.6. The minimum absolute atomic E-state index is 0. The van der Waals surface area contributed by atoms with Gasteiger partial charge in [0.2, 0.25) is 0 Å². The molecule has 2 N–H and O–H groups in total. The third-order valence-electron chi connectivity index (χ3n) is 3.15. The summed E-state index contributed by atoms with van der Waals surface area (Å²) in [4.78, 5) is 4.21. The molecule has 0 radical (unpaired) electrons. The highest BCUT2D eigenvalue weighted by atomic mass is 127. The molecule has 0 aliphatic carbocycles. The molecular weight excluding hydrogens is 385 g/mol. The quantitative estimate of drug-likeness (QED) is 0.324. The second-order valence-electron chi connectivity index (χ2n) is 4.44. The van der Waals surface area contributed by atoms with Crippen molar-refractivity contribution in [3.05, 3.63) is 17.0 Å². The summed E-state index contributed by atoms with van der Waals surface area (Å²) < 4.78 is 1.94. The van der Waals surface area contributed by atoms with Crippen LogP contribution in [0.25, 0.3) is 0 Å². The van der Waals surface area contributed by atoms with Crippen molar-refractivity contribution in [2.24, 2.45) is 12.0 Å². The second kappa shape index (κ2) is 10.3. The van der Waals surface area contributed by atoms with Gasteiger partial charge in [0.1, 0.15) is 0 Å². The summed E-state index contributed by atoms with van der Waals surface area (Å²) in [7, 11) is 3.79. The molecule has 1 aromatic heterocycles. The largest absolute Gasteiger partial charge is 0.356 e. The van der Waals surface area contributed by atoms with Crippen LogP contribution in [0.1, 0.15) is 17.0 Å². The van der Waals surface area contributed by atoms with Gasteiger partial charge in [-0.2, -0.15) is 16.9 Å². The van der Waals surface area contributed by atoms with Crippen LogP contribution in [-0.2, 0) is 13.5 Å². The first-order valence-electron chi connectivity index (χ1n) is 6.52. The van der Waals surface area contributed by atoms with Crippen molar-refractivity contribution in [3.8, 4) is 0 Å². The zero-order valence-electron chi connectivity index (χ0n) is 13.0. The van der Waals surface area contributed by atoms with Crippen molar-refractivity contribution in [1.29, 1.82) is 0 Å². The van der Waals surface area contributed by atoms with Crippen molar-refractivity contribution >= 4 is 41.7 Å². The maximum atomic E-state index is 4.43. The molecule has 0 spiro atoms. The van der Waals surface area contributed by atoms with Crippen LogP contribution < -0.4 is 10.6 Å². The van der Waals surface area contributed by atoms with Gasteiger partial charge in [-0.05, 0) is 32.1 Å². The Morgan fingerprint density at radius 2 is 1.95 bits per heavy atom. The van der Waals surface area contributed by atoms with Crippen molar-refractivity contribution in [1.82, 2.24) is 20.4 Å². The number of nitrogens with one attached hydrogen (secondary N) is 2. The lowest BCUT2D eigenvalue weighted by atomic mass is 10.1. The van der Waals surface area contributed by atoms with E-state index in [0.29, 0.717) is 0 Å². The Morgan fingerprint density at radius 1 is 1.30 bits per heavy atom. The van der Waals surface area contributed by atoms with E-state index in [0.717, 1.165) is 36.9 Å². The van der Waals surface area contributed by atoms with E-state index in [1.807, 2.05) is 23.5 Å². The molecule has 0 fully saturated rings. The molecular formula is C13H26IN5S. The van der Waals surface area contributed by atoms with Gasteiger partial charge in [-0.15, -0.1) is 24.0 Å². The number of rotatable bonds is 6. The fourth-order valence-electron chi connectivity index (χ4n) is 1.98. The molecule has 5 nitrogen and oxygen atoms in total. The van der Waals surface area contributed by atoms with Crippen LogP contribution in [0.4, 0.5) is 0 Å². The number of thioether (sulfide) groups is 1. The topological polar surface area (TPSA) is 54.2 Å². The molecule has 0 bridgehead atoms. The van der Waals surface area contributed by atoms with Gasteiger partial charge in [-0.25, -0.2) is 0 Å². The van der Waals surface area contributed by atoms with E-state index >= 15 is 0 Å². The molecule has 0 unspecified atom stereocenters. The normalized spacial score (nSPS) is 11.2. The highest BCUT2D eigenvalue weighted by Crippen LogP contribution is 2.11. The average molecular weight is 411 g/mol. The Balaban J connectivity index is 0.00000361. The second-order valence-corrected chi connectivity index (χ2v) is 5.43. The van der Waals surface area contributed by atoms with Crippen LogP contribution in [0.15, 0.2) is 4.99 Å². The van der Waals surface area contributed by atoms with E-state index in [1.54, 1.807) is 7.05 Å². The monoisotopic (exact) mass is 411 g/mol. The maximum Gasteiger partial charge on any atom is 0.191 e. The number of aromatic nitrogens is 2. The van der Waals surface area contributed by atoms with E-state index < -0.39 is 0 Å². The first-order valence-corrected chi connectivity index (χ1v) is 7.92. The Bertz CT molecular complexity index is 431. The van der Waals surface area contributed by atoms with Crippen molar-refractivity contribution in [3.63, 3.8) is 0 Å². The molecule has 116 valence electrons. The molecule has 1 rings (SSSR count). The fraction of sp³-hybridized carbons (Fsp3) is 0.692. The molecule has 0 aliphatic heterocycles. The van der Waals surface area contributed by atoms with Gasteiger partial charge in [0.25, 0.3) is 0 Å². The fourth-order valence-corrected chi connectivity index (χ4v) is 2.28. The Hall–Kier alpha value is -0.440. The summed E-state index contributed by atoms with van der Waals surface area (Å²) in [5.74, 6) is 1.95. The van der Waals surface area contributed by atoms with E-state index in [9.17, 15) is 0 Å². The van der Waals surface area contributed by atoms with Crippen LogP contribution in [0.5, 0.6) is 0 Å². The van der Waals surface area contributed by atoms with E-state index in [2.05, 4.69) is 40.8 Å². The Morgan fingerprint density at radius 3 is 2.45 bits per heavy atom. The Labute approximate surface area is 143 Å². The molecule has 0 aliphatic rings. The summed E-state index contributed by atoms with van der Waals surface area (Å²) in [6.07, 6.45) is 3.07. The molecule has 20 heavy (non-hydrogen) atoms. The lowest BCUT2D eigenvalue weighted by Gasteiger charge is -2.11. The number of aryl methyl sites for hydroxylation is 2. The lowest BCUT2D eigenvalue weighted by Crippen LogP contribution is -2.39. The van der Waals surface area contributed by atoms with Gasteiger partial charge >= 0.3 is 0 Å². The summed E-state index contributed by atoms with van der Waals surface area (Å²) in [6.45, 7) is 5.98. The highest BCUT2D eigenvalue weighted by Gasteiger charge is 2.08. The molecule has 1 heterocycles. The molecule has 0 amide bonds. The number of hydrogen-bond donors (Lipinski definition) is 2. The van der Waals surface area contributed by atoms with Crippen molar-refractivity contribution in [2.45, 2.75) is 20.3 Å². The summed E-state index contributed by atoms with van der Waals surface area (Å²) in [6, 6.07) is 0. The van der Waals surface area contributed by atoms with Gasteiger partial charge < -0.3 is 10.6 Å². The average Bonchev–Trinajstić information content (AvgIpc) is 2.63. The number of aliphatic imine (C=N–C) groups is 1. The lowest BCUT2D eigenvalue weighted by molar-refractivity contribution is 0.729. The predicted molar refractivity (Wildman–Crippen MR) is 99.5 cm³/mol. The smallest absolute Gasteiger partial charge is 0.191 e. The summed E-state index contributed by atoms with van der Waals surface area (Å²) >= 11 is 1.83.